The van der Waals surface area contributed by atoms with Crippen molar-refractivity contribution in [3.63, 3.8) is 0 Å². The number of tetrazole rings is 1. The molecule has 1 fully saturated rings. The van der Waals surface area contributed by atoms with Crippen LogP contribution in [0.1, 0.15) is 34.3 Å². The molecule has 0 bridgehead atoms. The zero-order valence-electron chi connectivity index (χ0n) is 14.0. The average molecular weight is 333 g/mol. The molecule has 1 aliphatic rings. The second kappa shape index (κ2) is 6.47. The third-order valence-corrected chi connectivity index (χ3v) is 4.41. The molecule has 25 heavy (non-hydrogen) atoms. The van der Waals surface area contributed by atoms with E-state index in [-0.39, 0.29) is 5.91 Å². The average Bonchev–Trinajstić information content (AvgIpc) is 3.32. The van der Waals surface area contributed by atoms with E-state index in [1.807, 2.05) is 35.2 Å². The van der Waals surface area contributed by atoms with Crippen LogP contribution in [0, 0.1) is 6.92 Å². The van der Waals surface area contributed by atoms with Crippen molar-refractivity contribution >= 4 is 5.91 Å². The van der Waals surface area contributed by atoms with E-state index < -0.39 is 0 Å². The van der Waals surface area contributed by atoms with Crippen molar-refractivity contribution in [2.75, 3.05) is 0 Å². The lowest BCUT2D eigenvalue weighted by atomic mass is 10.1. The fourth-order valence-corrected chi connectivity index (χ4v) is 3.04. The maximum Gasteiger partial charge on any atom is 0.256 e. The second-order valence-corrected chi connectivity index (χ2v) is 6.42. The van der Waals surface area contributed by atoms with Crippen LogP contribution in [0.5, 0.6) is 0 Å². The molecule has 0 spiro atoms. The van der Waals surface area contributed by atoms with Crippen LogP contribution >= 0.6 is 0 Å². The van der Waals surface area contributed by atoms with Gasteiger partial charge in [-0.15, -0.1) is 5.10 Å². The topological polar surface area (TPSA) is 63.9 Å². The minimum absolute atomic E-state index is 0.0232. The molecule has 2 aromatic carbocycles. The number of hydrogen-bond donors (Lipinski definition) is 0. The Hall–Kier alpha value is -3.02. The highest BCUT2D eigenvalue weighted by Gasteiger charge is 2.34. The molecule has 126 valence electrons. The Balaban J connectivity index is 1.66. The van der Waals surface area contributed by atoms with E-state index in [0.29, 0.717) is 23.8 Å². The molecule has 6 nitrogen and oxygen atoms in total. The van der Waals surface area contributed by atoms with Crippen LogP contribution in [-0.4, -0.2) is 37.1 Å². The molecule has 1 saturated carbocycles. The van der Waals surface area contributed by atoms with Crippen LogP contribution in [0.15, 0.2) is 54.9 Å². The van der Waals surface area contributed by atoms with E-state index in [0.717, 1.165) is 18.4 Å². The molecule has 1 heterocycles. The van der Waals surface area contributed by atoms with Gasteiger partial charge in [0.25, 0.3) is 5.91 Å². The van der Waals surface area contributed by atoms with Gasteiger partial charge in [0.1, 0.15) is 6.33 Å². The van der Waals surface area contributed by atoms with Crippen molar-refractivity contribution in [2.45, 2.75) is 32.4 Å². The number of carbonyl (C=O) groups is 1. The predicted molar refractivity (Wildman–Crippen MR) is 93.2 cm³/mol. The maximum atomic E-state index is 13.3. The summed E-state index contributed by atoms with van der Waals surface area (Å²) >= 11 is 0. The number of hydrogen-bond acceptors (Lipinski definition) is 4. The number of aromatic nitrogens is 4. The summed E-state index contributed by atoms with van der Waals surface area (Å²) in [5, 5.41) is 11.3. The summed E-state index contributed by atoms with van der Waals surface area (Å²) in [7, 11) is 0. The SMILES string of the molecule is Cc1cccc(CN(C(=O)c2ccccc2-n2cnnn2)C2CC2)c1. The Morgan fingerprint density at radius 1 is 1.20 bits per heavy atom. The standard InChI is InChI=1S/C19H19N5O/c1-14-5-4-6-15(11-14)12-23(16-9-10-16)19(25)17-7-2-3-8-18(17)24-13-20-21-22-24/h2-8,11,13,16H,9-10,12H2,1H3. The van der Waals surface area contributed by atoms with Gasteiger partial charge in [0.15, 0.2) is 0 Å². The Bertz CT molecular complexity index is 886. The zero-order valence-corrected chi connectivity index (χ0v) is 14.0. The van der Waals surface area contributed by atoms with Gasteiger partial charge in [-0.2, -0.15) is 4.68 Å². The van der Waals surface area contributed by atoms with Crippen molar-refractivity contribution in [1.29, 1.82) is 0 Å². The summed E-state index contributed by atoms with van der Waals surface area (Å²) in [5.74, 6) is 0.0232. The van der Waals surface area contributed by atoms with Crippen LogP contribution in [0.3, 0.4) is 0 Å². The fraction of sp³-hybridized carbons (Fsp3) is 0.263. The van der Waals surface area contributed by atoms with Crippen LogP contribution < -0.4 is 0 Å². The third kappa shape index (κ3) is 3.28. The molecule has 1 aromatic heterocycles. The molecule has 0 saturated heterocycles. The quantitative estimate of drug-likeness (QED) is 0.720. The molecule has 3 aromatic rings. The van der Waals surface area contributed by atoms with Gasteiger partial charge in [0.05, 0.1) is 11.3 Å². The van der Waals surface area contributed by atoms with Gasteiger partial charge in [0, 0.05) is 12.6 Å². The van der Waals surface area contributed by atoms with E-state index >= 15 is 0 Å². The van der Waals surface area contributed by atoms with Crippen LogP contribution in [0.2, 0.25) is 0 Å². The van der Waals surface area contributed by atoms with Crippen molar-refractivity contribution in [2.24, 2.45) is 0 Å². The predicted octanol–water partition coefficient (Wildman–Crippen LogP) is 2.78. The van der Waals surface area contributed by atoms with Gasteiger partial charge in [-0.05, 0) is 47.9 Å². The number of aryl methyl sites for hydroxylation is 1. The molecule has 4 rings (SSSR count). The molecule has 0 radical (unpaired) electrons. The van der Waals surface area contributed by atoms with Crippen molar-refractivity contribution in [3.05, 3.63) is 71.5 Å². The number of para-hydroxylation sites is 1. The first-order chi connectivity index (χ1) is 12.2. The van der Waals surface area contributed by atoms with Crippen LogP contribution in [0.25, 0.3) is 5.69 Å². The van der Waals surface area contributed by atoms with E-state index in [9.17, 15) is 4.79 Å². The van der Waals surface area contributed by atoms with Crippen molar-refractivity contribution in [1.82, 2.24) is 25.1 Å². The number of rotatable bonds is 5. The lowest BCUT2D eigenvalue weighted by molar-refractivity contribution is 0.0729. The monoisotopic (exact) mass is 333 g/mol. The molecular weight excluding hydrogens is 314 g/mol. The summed E-state index contributed by atoms with van der Waals surface area (Å²) < 4.78 is 1.53. The van der Waals surface area contributed by atoms with Gasteiger partial charge < -0.3 is 4.90 Å². The van der Waals surface area contributed by atoms with Crippen LogP contribution in [0.4, 0.5) is 0 Å². The molecule has 1 aliphatic carbocycles. The van der Waals surface area contributed by atoms with Gasteiger partial charge >= 0.3 is 0 Å². The molecule has 1 amide bonds. The van der Waals surface area contributed by atoms with Crippen LogP contribution in [-0.2, 0) is 6.54 Å². The fourth-order valence-electron chi connectivity index (χ4n) is 3.04. The Kier molecular flexibility index (Phi) is 4.01. The maximum absolute atomic E-state index is 13.3. The summed E-state index contributed by atoms with van der Waals surface area (Å²) in [4.78, 5) is 15.2. The Morgan fingerprint density at radius 2 is 2.04 bits per heavy atom. The van der Waals surface area contributed by atoms with E-state index in [4.69, 9.17) is 0 Å². The molecule has 0 aliphatic heterocycles. The first-order valence-corrected chi connectivity index (χ1v) is 8.41. The normalized spacial score (nSPS) is 13.6. The molecule has 0 unspecified atom stereocenters. The van der Waals surface area contributed by atoms with E-state index in [2.05, 4.69) is 40.6 Å². The zero-order chi connectivity index (χ0) is 17.2. The molecule has 0 atom stereocenters. The number of nitrogens with zero attached hydrogens (tertiary/aromatic N) is 5. The summed E-state index contributed by atoms with van der Waals surface area (Å²) in [6.45, 7) is 2.69. The first kappa shape index (κ1) is 15.5. The summed E-state index contributed by atoms with van der Waals surface area (Å²) in [5.41, 5.74) is 3.68. The smallest absolute Gasteiger partial charge is 0.256 e. The second-order valence-electron chi connectivity index (χ2n) is 6.42. The number of amides is 1. The molecule has 0 N–H and O–H groups in total. The summed E-state index contributed by atoms with van der Waals surface area (Å²) in [6.07, 6.45) is 3.63. The third-order valence-electron chi connectivity index (χ3n) is 4.41. The number of carbonyl (C=O) groups excluding carboxylic acids is 1. The Morgan fingerprint density at radius 3 is 2.76 bits per heavy atom. The van der Waals surface area contributed by atoms with Gasteiger partial charge in [-0.1, -0.05) is 42.0 Å². The van der Waals surface area contributed by atoms with Gasteiger partial charge in [-0.3, -0.25) is 4.79 Å². The lowest BCUT2D eigenvalue weighted by Crippen LogP contribution is -2.33. The highest BCUT2D eigenvalue weighted by molar-refractivity contribution is 5.98. The largest absolute Gasteiger partial charge is 0.331 e. The minimum Gasteiger partial charge on any atom is -0.331 e. The van der Waals surface area contributed by atoms with Crippen molar-refractivity contribution in [3.8, 4) is 5.69 Å². The molecular formula is C19H19N5O. The highest BCUT2D eigenvalue weighted by atomic mass is 16.2. The number of benzene rings is 2. The summed E-state index contributed by atoms with van der Waals surface area (Å²) in [6, 6.07) is 16.1. The van der Waals surface area contributed by atoms with Crippen molar-refractivity contribution < 1.29 is 4.79 Å². The Labute approximate surface area is 146 Å². The van der Waals surface area contributed by atoms with E-state index in [1.54, 1.807) is 0 Å². The molecule has 6 heteroatoms. The van der Waals surface area contributed by atoms with Gasteiger partial charge in [0.2, 0.25) is 0 Å². The van der Waals surface area contributed by atoms with E-state index in [1.165, 1.54) is 16.6 Å². The minimum atomic E-state index is 0.0232. The highest BCUT2D eigenvalue weighted by Crippen LogP contribution is 2.31. The van der Waals surface area contributed by atoms with Gasteiger partial charge in [-0.25, -0.2) is 0 Å². The first-order valence-electron chi connectivity index (χ1n) is 8.41. The lowest BCUT2D eigenvalue weighted by Gasteiger charge is -2.24.